The Morgan fingerprint density at radius 1 is 0.228 bits per heavy atom. The maximum Gasteiger partial charge on any atom is 0.408 e. The molecule has 0 saturated carbocycles. The largest absolute Gasteiger partial charge is 0.464 e. The van der Waals surface area contributed by atoms with Crippen molar-refractivity contribution in [3.63, 3.8) is 0 Å². The van der Waals surface area contributed by atoms with Gasteiger partial charge in [-0.25, -0.2) is 9.69 Å². The van der Waals surface area contributed by atoms with Gasteiger partial charge < -0.3 is 114 Å². The summed E-state index contributed by atoms with van der Waals surface area (Å²) in [5.74, 6) is -12.1. The normalized spacial score (nSPS) is 13.1. The van der Waals surface area contributed by atoms with Gasteiger partial charge in [0.15, 0.2) is 6.73 Å². The van der Waals surface area contributed by atoms with E-state index in [1.165, 1.54) is 0 Å². The highest BCUT2D eigenvalue weighted by molar-refractivity contribution is 6.12. The minimum Gasteiger partial charge on any atom is -0.464 e. The topological polar surface area (TPSA) is 562 Å². The van der Waals surface area contributed by atoms with Gasteiger partial charge in [-0.3, -0.25) is 86.3 Å². The predicted octanol–water partition coefficient (Wildman–Crippen LogP) is 4.30. The molecule has 1 heterocycles. The Balaban J connectivity index is 3.88. The molecule has 136 heavy (non-hydrogen) atoms. The number of rotatable bonds is 58. The number of alkyl carbamates (subject to hydrolysis) is 1. The monoisotopic (exact) mass is 1940 g/mol. The molecule has 43 heteroatoms. The fraction of sp³-hybridized carbons (Fsp3) is 0.774. The van der Waals surface area contributed by atoms with Gasteiger partial charge in [-0.1, -0.05) is 0 Å². The van der Waals surface area contributed by atoms with Crippen molar-refractivity contribution in [3.8, 4) is 0 Å². The van der Waals surface area contributed by atoms with Crippen LogP contribution < -0.4 is 42.5 Å². The second-order valence-electron chi connectivity index (χ2n) is 43.2. The summed E-state index contributed by atoms with van der Waals surface area (Å²) in [4.78, 5) is 251. The van der Waals surface area contributed by atoms with Crippen LogP contribution in [-0.4, -0.2) is 303 Å². The summed E-state index contributed by atoms with van der Waals surface area (Å²) in [5.41, 5.74) is -15.3. The van der Waals surface area contributed by atoms with E-state index in [9.17, 15) is 91.1 Å². The van der Waals surface area contributed by atoms with Crippen LogP contribution in [0, 0.1) is 70.4 Å². The SMILES string of the molecule is CC(C)(C)C(=O)OCC(COCC(=O)NCCC(=O)NCC(CNC(=O)CCNC(=O)COCC(COC(=O)C(C)(C)C)(COC(=O)C(C)(C)C)COC(=O)C(C)(C)C)(CNC(=O)CCNC(=O)COCC(COC(=O)C(C)(C)C)(COC(=O)C(C)(C)C)COC(=O)C(C)(C)C)COCCNC(=O)CCOCCNC(=O)OCN1C(=O)C=CC1=O)(COC(=O)C(C)(C)C)COC(=O)C(C)(C)C. The Morgan fingerprint density at radius 3 is 0.684 bits per heavy atom. The molecular weight excluding hydrogens is 1790 g/mol. The lowest BCUT2D eigenvalue weighted by molar-refractivity contribution is -0.179. The molecule has 0 fully saturated rings. The van der Waals surface area contributed by atoms with E-state index in [0.29, 0.717) is 4.90 Å². The molecule has 0 atom stereocenters. The van der Waals surface area contributed by atoms with Crippen LogP contribution in [0.15, 0.2) is 12.2 Å². The molecule has 8 N–H and O–H groups in total. The van der Waals surface area contributed by atoms with Crippen molar-refractivity contribution in [2.45, 2.75) is 213 Å². The molecule has 0 spiro atoms. The summed E-state index contributed by atoms with van der Waals surface area (Å²) in [6.07, 6.45) is -0.349. The number of ether oxygens (including phenoxy) is 15. The van der Waals surface area contributed by atoms with Crippen LogP contribution in [0.3, 0.4) is 0 Å². The zero-order valence-corrected chi connectivity index (χ0v) is 85.1. The van der Waals surface area contributed by atoms with Crippen LogP contribution in [-0.2, 0) is 157 Å². The van der Waals surface area contributed by atoms with Gasteiger partial charge in [-0.05, 0) is 187 Å². The molecule has 43 nitrogen and oxygen atoms in total. The minimum absolute atomic E-state index is 0.0817. The number of nitrogens with zero attached hydrogens (tertiary/aromatic N) is 1. The number of carbonyl (C=O) groups excluding carboxylic acids is 19. The van der Waals surface area contributed by atoms with E-state index >= 15 is 0 Å². The third-order valence-corrected chi connectivity index (χ3v) is 19.2. The predicted molar refractivity (Wildman–Crippen MR) is 487 cm³/mol. The molecular formula is C93H155N9O34. The molecule has 10 amide bonds. The summed E-state index contributed by atoms with van der Waals surface area (Å²) in [6.45, 7) is 31.6. The summed E-state index contributed by atoms with van der Waals surface area (Å²) in [7, 11) is 0. The van der Waals surface area contributed by atoms with E-state index in [2.05, 4.69) is 42.5 Å². The smallest absolute Gasteiger partial charge is 0.408 e. The molecule has 0 aromatic carbocycles. The van der Waals surface area contributed by atoms with Crippen molar-refractivity contribution in [1.82, 2.24) is 47.4 Å². The van der Waals surface area contributed by atoms with Crippen LogP contribution in [0.25, 0.3) is 0 Å². The van der Waals surface area contributed by atoms with Gasteiger partial charge in [0, 0.05) is 95.6 Å². The molecule has 0 unspecified atom stereocenters. The van der Waals surface area contributed by atoms with Gasteiger partial charge in [0.05, 0.1) is 111 Å². The Labute approximate surface area is 799 Å². The Kier molecular flexibility index (Phi) is 50.6. The summed E-state index contributed by atoms with van der Waals surface area (Å²) >= 11 is 0. The first kappa shape index (κ1) is 123. The fourth-order valence-electron chi connectivity index (χ4n) is 10.2. The lowest BCUT2D eigenvalue weighted by Gasteiger charge is -2.34. The third-order valence-electron chi connectivity index (χ3n) is 19.2. The van der Waals surface area contributed by atoms with Crippen LogP contribution in [0.4, 0.5) is 4.79 Å². The fourth-order valence-corrected chi connectivity index (χ4v) is 10.2. The van der Waals surface area contributed by atoms with Crippen molar-refractivity contribution in [3.05, 3.63) is 12.2 Å². The van der Waals surface area contributed by atoms with Gasteiger partial charge in [0.2, 0.25) is 41.4 Å². The number of hydrogen-bond acceptors (Lipinski definition) is 34. The number of amides is 10. The zero-order chi connectivity index (χ0) is 104. The molecule has 0 aromatic heterocycles. The summed E-state index contributed by atoms with van der Waals surface area (Å²) in [6, 6.07) is 0. The second kappa shape index (κ2) is 55.8. The molecule has 0 bridgehead atoms. The van der Waals surface area contributed by atoms with Crippen molar-refractivity contribution in [1.29, 1.82) is 0 Å². The number of esters is 9. The maximum atomic E-state index is 14.1. The molecule has 1 aliphatic rings. The zero-order valence-electron chi connectivity index (χ0n) is 85.1. The Morgan fingerprint density at radius 2 is 0.441 bits per heavy atom. The third kappa shape index (κ3) is 51.0. The van der Waals surface area contributed by atoms with Gasteiger partial charge in [0.25, 0.3) is 11.8 Å². The number of hydrogen-bond donors (Lipinski definition) is 8. The van der Waals surface area contributed by atoms with E-state index in [0.717, 1.165) is 12.2 Å². The Hall–Kier alpha value is -10.5. The molecule has 1 aliphatic heterocycles. The molecule has 1 rings (SSSR count). The number of imide groups is 1. The average Bonchev–Trinajstić information content (AvgIpc) is 0.846. The molecule has 0 aromatic rings. The van der Waals surface area contributed by atoms with Crippen LogP contribution in [0.1, 0.15) is 213 Å². The van der Waals surface area contributed by atoms with E-state index in [4.69, 9.17) is 71.1 Å². The van der Waals surface area contributed by atoms with E-state index in [-0.39, 0.29) is 59.0 Å². The lowest BCUT2D eigenvalue weighted by Crippen LogP contribution is -2.54. The summed E-state index contributed by atoms with van der Waals surface area (Å²) < 4.78 is 85.4. The van der Waals surface area contributed by atoms with Crippen molar-refractivity contribution < 1.29 is 162 Å². The van der Waals surface area contributed by atoms with E-state index < -0.39 is 335 Å². The average molecular weight is 1940 g/mol. The number of nitrogens with one attached hydrogen (secondary N) is 8. The molecule has 0 aliphatic carbocycles. The summed E-state index contributed by atoms with van der Waals surface area (Å²) in [5, 5.41) is 21.1. The quantitative estimate of drug-likeness (QED) is 0.0182. The van der Waals surface area contributed by atoms with Crippen molar-refractivity contribution in [2.75, 3.05) is 185 Å². The van der Waals surface area contributed by atoms with Crippen molar-refractivity contribution in [2.24, 2.45) is 70.4 Å². The molecule has 0 radical (unpaired) electrons. The highest BCUT2D eigenvalue weighted by Crippen LogP contribution is 2.33. The Bertz CT molecular complexity index is 3490. The van der Waals surface area contributed by atoms with Gasteiger partial charge in [-0.2, -0.15) is 0 Å². The standard InChI is InChI=1S/C93H155N9O34/c1-81(2,3)71(112)127-52-91(53-128-72(113)82(4,5)6,54-129-73(114)83(7,8)9)49-124-42-66(107)94-34-30-62(103)99-45-90(48-123-41-37-97-65(106)33-39-122-40-38-98-80(121)136-61-102-69(110)28-29-70(102)111,46-100-63(104)31-35-95-67(108)43-125-50-92(55-130-74(115)84(10,11)12,56-131-75(116)85(13,14)15)57-132-76(117)86(16,17)18)47-101-64(105)32-36-96-68(109)44-126-51-93(58-133-77(118)87(19,20)21,59-134-78(119)88(22,23)24)60-135-79(120)89(25,26)27/h28-29H,30-61H2,1-27H3,(H,94,107)(H,95,108)(H,96,109)(H,97,106)(H,98,121)(H,99,103)(H,100,104)(H,101,105). The molecule has 0 saturated heterocycles. The first-order valence-corrected chi connectivity index (χ1v) is 45.1. The van der Waals surface area contributed by atoms with E-state index in [1.807, 2.05) is 0 Å². The van der Waals surface area contributed by atoms with Gasteiger partial charge in [-0.15, -0.1) is 0 Å². The van der Waals surface area contributed by atoms with E-state index in [1.54, 1.807) is 187 Å². The maximum absolute atomic E-state index is 14.1. The highest BCUT2D eigenvalue weighted by atomic mass is 16.6. The highest BCUT2D eigenvalue weighted by Gasteiger charge is 2.45. The van der Waals surface area contributed by atoms with Crippen LogP contribution >= 0.6 is 0 Å². The van der Waals surface area contributed by atoms with Crippen LogP contribution in [0.5, 0.6) is 0 Å². The first-order valence-electron chi connectivity index (χ1n) is 45.1. The van der Waals surface area contributed by atoms with Crippen molar-refractivity contribution >= 4 is 113 Å². The van der Waals surface area contributed by atoms with Gasteiger partial charge in [0.1, 0.15) is 79.3 Å². The minimum atomic E-state index is -1.56. The lowest BCUT2D eigenvalue weighted by atomic mass is 9.88. The molecule has 776 valence electrons. The van der Waals surface area contributed by atoms with Gasteiger partial charge >= 0.3 is 59.8 Å². The van der Waals surface area contributed by atoms with Crippen LogP contribution in [0.2, 0.25) is 0 Å². The number of carbonyl (C=O) groups is 19. The second-order valence-corrected chi connectivity index (χ2v) is 43.2. The first-order chi connectivity index (χ1) is 62.3.